The number of rotatable bonds is 4. The largest absolute Gasteiger partial charge is 0.481 e. The van der Waals surface area contributed by atoms with Crippen LogP contribution in [0.4, 0.5) is 0 Å². The minimum absolute atomic E-state index is 0.436. The van der Waals surface area contributed by atoms with Gasteiger partial charge in [0.15, 0.2) is 0 Å². The van der Waals surface area contributed by atoms with E-state index in [0.717, 1.165) is 16.5 Å². The van der Waals surface area contributed by atoms with Crippen molar-refractivity contribution in [3.05, 3.63) is 71.9 Å². The number of aromatic nitrogens is 1. The fraction of sp³-hybridized carbons (Fsp3) is 0.167. The Morgan fingerprint density at radius 2 is 1.90 bits per heavy atom. The van der Waals surface area contributed by atoms with Crippen molar-refractivity contribution in [2.75, 3.05) is 0 Å². The lowest BCUT2D eigenvalue weighted by molar-refractivity contribution is -0.139. The number of nitrogens with zero attached hydrogens (tertiary/aromatic N) is 1. The van der Waals surface area contributed by atoms with Crippen molar-refractivity contribution in [3.8, 4) is 0 Å². The summed E-state index contributed by atoms with van der Waals surface area (Å²) in [5.41, 5.74) is 3.11. The molecule has 1 N–H and O–H groups in total. The highest BCUT2D eigenvalue weighted by atomic mass is 16.4. The summed E-state index contributed by atoms with van der Waals surface area (Å²) in [5.74, 6) is -1.33. The van der Waals surface area contributed by atoms with Gasteiger partial charge in [-0.3, -0.25) is 4.79 Å². The molecule has 0 saturated heterocycles. The zero-order chi connectivity index (χ0) is 14.8. The summed E-state index contributed by atoms with van der Waals surface area (Å²) in [5, 5.41) is 10.7. The van der Waals surface area contributed by atoms with E-state index in [2.05, 4.69) is 25.1 Å². The Morgan fingerprint density at radius 1 is 1.14 bits per heavy atom. The van der Waals surface area contributed by atoms with Crippen LogP contribution in [0.3, 0.4) is 0 Å². The van der Waals surface area contributed by atoms with Crippen molar-refractivity contribution in [1.82, 2.24) is 4.57 Å². The summed E-state index contributed by atoms with van der Waals surface area (Å²) >= 11 is 0. The van der Waals surface area contributed by atoms with Gasteiger partial charge in [-0.2, -0.15) is 0 Å². The summed E-state index contributed by atoms with van der Waals surface area (Å²) in [4.78, 5) is 11.6. The highest BCUT2D eigenvalue weighted by molar-refractivity contribution is 5.81. The molecule has 3 heteroatoms. The molecule has 3 rings (SSSR count). The van der Waals surface area contributed by atoms with E-state index >= 15 is 0 Å². The Kier molecular flexibility index (Phi) is 3.48. The fourth-order valence-electron chi connectivity index (χ4n) is 2.69. The molecule has 0 aliphatic heterocycles. The average molecular weight is 279 g/mol. The van der Waals surface area contributed by atoms with Crippen LogP contribution in [0.1, 0.15) is 17.0 Å². The van der Waals surface area contributed by atoms with Gasteiger partial charge in [-0.05, 0) is 36.1 Å². The molecule has 0 saturated carbocycles. The van der Waals surface area contributed by atoms with Crippen molar-refractivity contribution in [2.45, 2.75) is 19.4 Å². The number of carboxylic acids is 1. The Balaban J connectivity index is 1.97. The van der Waals surface area contributed by atoms with Crippen LogP contribution in [0.2, 0.25) is 0 Å². The lowest BCUT2D eigenvalue weighted by Gasteiger charge is -2.14. The molecule has 0 aliphatic carbocycles. The van der Waals surface area contributed by atoms with E-state index in [4.69, 9.17) is 0 Å². The molecule has 3 nitrogen and oxygen atoms in total. The molecule has 3 aromatic rings. The SMILES string of the molecule is Cc1ccc2c(ccn2CC(C(=O)O)c2ccccc2)c1. The highest BCUT2D eigenvalue weighted by Gasteiger charge is 2.20. The lowest BCUT2D eigenvalue weighted by atomic mass is 9.99. The molecule has 0 aliphatic rings. The van der Waals surface area contributed by atoms with Gasteiger partial charge in [-0.15, -0.1) is 0 Å². The molecule has 1 heterocycles. The Bertz CT molecular complexity index is 774. The van der Waals surface area contributed by atoms with Crippen molar-refractivity contribution < 1.29 is 9.90 Å². The minimum atomic E-state index is -0.796. The number of hydrogen-bond donors (Lipinski definition) is 1. The predicted molar refractivity (Wildman–Crippen MR) is 83.5 cm³/mol. The van der Waals surface area contributed by atoms with Crippen LogP contribution in [-0.2, 0) is 11.3 Å². The fourth-order valence-corrected chi connectivity index (χ4v) is 2.69. The third kappa shape index (κ3) is 2.68. The number of aliphatic carboxylic acids is 1. The summed E-state index contributed by atoms with van der Waals surface area (Å²) in [6.45, 7) is 2.49. The standard InChI is InChI=1S/C18H17NO2/c1-13-7-8-17-15(11-13)9-10-19(17)12-16(18(20)21)14-5-3-2-4-6-14/h2-11,16H,12H2,1H3,(H,20,21). The molecular weight excluding hydrogens is 262 g/mol. The maximum atomic E-state index is 11.6. The Hall–Kier alpha value is -2.55. The molecule has 0 spiro atoms. The van der Waals surface area contributed by atoms with E-state index < -0.39 is 11.9 Å². The third-order valence-corrected chi connectivity index (χ3v) is 3.81. The molecule has 0 amide bonds. The molecule has 0 radical (unpaired) electrons. The van der Waals surface area contributed by atoms with E-state index in [9.17, 15) is 9.90 Å². The van der Waals surface area contributed by atoms with Gasteiger partial charge in [0.1, 0.15) is 0 Å². The summed E-state index contributed by atoms with van der Waals surface area (Å²) in [6, 6.07) is 17.6. The van der Waals surface area contributed by atoms with E-state index in [1.165, 1.54) is 5.56 Å². The zero-order valence-corrected chi connectivity index (χ0v) is 11.9. The van der Waals surface area contributed by atoms with E-state index in [1.807, 2.05) is 47.2 Å². The number of aryl methyl sites for hydroxylation is 1. The van der Waals surface area contributed by atoms with Crippen LogP contribution in [0.25, 0.3) is 10.9 Å². The Morgan fingerprint density at radius 3 is 2.62 bits per heavy atom. The normalized spacial score (nSPS) is 12.4. The van der Waals surface area contributed by atoms with Crippen LogP contribution in [0.15, 0.2) is 60.8 Å². The van der Waals surface area contributed by atoms with Gasteiger partial charge in [-0.25, -0.2) is 0 Å². The average Bonchev–Trinajstić information content (AvgIpc) is 2.87. The topological polar surface area (TPSA) is 42.2 Å². The van der Waals surface area contributed by atoms with Gasteiger partial charge in [0.05, 0.1) is 5.92 Å². The highest BCUT2D eigenvalue weighted by Crippen LogP contribution is 2.23. The molecule has 106 valence electrons. The second-order valence-electron chi connectivity index (χ2n) is 5.33. The van der Waals surface area contributed by atoms with Gasteiger partial charge in [-0.1, -0.05) is 42.0 Å². The van der Waals surface area contributed by atoms with Crippen molar-refractivity contribution in [1.29, 1.82) is 0 Å². The van der Waals surface area contributed by atoms with E-state index in [1.54, 1.807) is 0 Å². The second kappa shape index (κ2) is 5.44. The number of carboxylic acid groups (broad SMARTS) is 1. The van der Waals surface area contributed by atoms with Crippen molar-refractivity contribution in [3.63, 3.8) is 0 Å². The van der Waals surface area contributed by atoms with Gasteiger partial charge in [0, 0.05) is 18.3 Å². The first-order valence-corrected chi connectivity index (χ1v) is 6.98. The number of carbonyl (C=O) groups is 1. The first-order chi connectivity index (χ1) is 10.1. The quantitative estimate of drug-likeness (QED) is 0.789. The number of fused-ring (bicyclic) bond motifs is 1. The van der Waals surface area contributed by atoms with Gasteiger partial charge in [0.25, 0.3) is 0 Å². The van der Waals surface area contributed by atoms with Gasteiger partial charge < -0.3 is 9.67 Å². The molecular formula is C18H17NO2. The first kappa shape index (κ1) is 13.4. The second-order valence-corrected chi connectivity index (χ2v) is 5.33. The number of benzene rings is 2. The van der Waals surface area contributed by atoms with Crippen molar-refractivity contribution in [2.24, 2.45) is 0 Å². The smallest absolute Gasteiger partial charge is 0.312 e. The maximum Gasteiger partial charge on any atom is 0.312 e. The monoisotopic (exact) mass is 279 g/mol. The summed E-state index contributed by atoms with van der Waals surface area (Å²) < 4.78 is 2.01. The lowest BCUT2D eigenvalue weighted by Crippen LogP contribution is -2.17. The molecule has 1 unspecified atom stereocenters. The van der Waals surface area contributed by atoms with Crippen LogP contribution in [0, 0.1) is 6.92 Å². The Labute approximate surface area is 123 Å². The number of hydrogen-bond acceptors (Lipinski definition) is 1. The van der Waals surface area contributed by atoms with E-state index in [-0.39, 0.29) is 0 Å². The predicted octanol–water partition coefficient (Wildman–Crippen LogP) is 3.82. The van der Waals surface area contributed by atoms with Crippen LogP contribution in [0.5, 0.6) is 0 Å². The summed E-state index contributed by atoms with van der Waals surface area (Å²) in [7, 11) is 0. The molecule has 2 aromatic carbocycles. The molecule has 1 aromatic heterocycles. The zero-order valence-electron chi connectivity index (χ0n) is 11.9. The third-order valence-electron chi connectivity index (χ3n) is 3.81. The minimum Gasteiger partial charge on any atom is -0.481 e. The van der Waals surface area contributed by atoms with Crippen LogP contribution >= 0.6 is 0 Å². The van der Waals surface area contributed by atoms with E-state index in [0.29, 0.717) is 6.54 Å². The first-order valence-electron chi connectivity index (χ1n) is 6.98. The van der Waals surface area contributed by atoms with Crippen molar-refractivity contribution >= 4 is 16.9 Å². The van der Waals surface area contributed by atoms with Gasteiger partial charge >= 0.3 is 5.97 Å². The summed E-state index contributed by atoms with van der Waals surface area (Å²) in [6.07, 6.45) is 1.96. The van der Waals surface area contributed by atoms with Crippen LogP contribution in [-0.4, -0.2) is 15.6 Å². The molecule has 1 atom stereocenters. The molecule has 21 heavy (non-hydrogen) atoms. The molecule has 0 bridgehead atoms. The maximum absolute atomic E-state index is 11.6. The van der Waals surface area contributed by atoms with Gasteiger partial charge in [0.2, 0.25) is 0 Å². The van der Waals surface area contributed by atoms with Crippen LogP contribution < -0.4 is 0 Å². The molecule has 0 fully saturated rings.